The van der Waals surface area contributed by atoms with Crippen molar-refractivity contribution in [2.45, 2.75) is 57.8 Å². The number of nitrogens with one attached hydrogen (secondary N) is 1. The minimum atomic E-state index is -4.44. The normalized spacial score (nSPS) is 20.8. The molecule has 3 amide bonds. The molecule has 1 unspecified atom stereocenters. The summed E-state index contributed by atoms with van der Waals surface area (Å²) in [5, 5.41) is 3.00. The molecule has 0 aromatic heterocycles. The Balaban J connectivity index is 1.50. The summed E-state index contributed by atoms with van der Waals surface area (Å²) in [7, 11) is 0. The Morgan fingerprint density at radius 2 is 1.61 bits per heavy atom. The maximum atomic E-state index is 12.7. The Hall–Kier alpha value is -2.58. The zero-order valence-corrected chi connectivity index (χ0v) is 18.0. The highest BCUT2D eigenvalue weighted by molar-refractivity contribution is 5.94. The SMILES string of the molecule is CC(C)(C)N1CC(C(=O)NC2CCN(C(=O)c3ccc(C(F)(F)F)cc3)CC2)CC1=O. The Morgan fingerprint density at radius 3 is 2.10 bits per heavy atom. The molecule has 0 bridgehead atoms. The van der Waals surface area contributed by atoms with Crippen LogP contribution in [0.5, 0.6) is 0 Å². The highest BCUT2D eigenvalue weighted by Gasteiger charge is 2.40. The molecule has 1 N–H and O–H groups in total. The van der Waals surface area contributed by atoms with Gasteiger partial charge < -0.3 is 15.1 Å². The number of piperidine rings is 1. The third kappa shape index (κ3) is 5.37. The van der Waals surface area contributed by atoms with Gasteiger partial charge in [0.05, 0.1) is 11.5 Å². The minimum absolute atomic E-state index is 0.0235. The van der Waals surface area contributed by atoms with E-state index in [2.05, 4.69) is 5.32 Å². The molecule has 2 aliphatic rings. The number of nitrogens with zero attached hydrogens (tertiary/aromatic N) is 2. The van der Waals surface area contributed by atoms with Crippen LogP contribution in [0.2, 0.25) is 0 Å². The fourth-order valence-electron chi connectivity index (χ4n) is 4.06. The van der Waals surface area contributed by atoms with Crippen LogP contribution >= 0.6 is 0 Å². The first-order chi connectivity index (χ1) is 14.4. The predicted octanol–water partition coefficient (Wildman–Crippen LogP) is 3.07. The second-order valence-corrected chi connectivity index (χ2v) is 9.23. The molecule has 2 heterocycles. The summed E-state index contributed by atoms with van der Waals surface area (Å²) in [5.41, 5.74) is -0.904. The molecule has 1 aromatic carbocycles. The number of hydrogen-bond donors (Lipinski definition) is 1. The van der Waals surface area contributed by atoms with Crippen LogP contribution in [0.1, 0.15) is 56.0 Å². The maximum Gasteiger partial charge on any atom is 0.416 e. The van der Waals surface area contributed by atoms with Crippen LogP contribution in [0.25, 0.3) is 0 Å². The van der Waals surface area contributed by atoms with Gasteiger partial charge in [0.1, 0.15) is 0 Å². The Labute approximate surface area is 179 Å². The second kappa shape index (κ2) is 8.51. The van der Waals surface area contributed by atoms with Gasteiger partial charge >= 0.3 is 6.18 Å². The molecule has 0 saturated carbocycles. The number of alkyl halides is 3. The Morgan fingerprint density at radius 1 is 1.03 bits per heavy atom. The van der Waals surface area contributed by atoms with Gasteiger partial charge in [0.2, 0.25) is 11.8 Å². The van der Waals surface area contributed by atoms with Crippen molar-refractivity contribution in [3.8, 4) is 0 Å². The van der Waals surface area contributed by atoms with E-state index in [1.807, 2.05) is 20.8 Å². The van der Waals surface area contributed by atoms with Gasteiger partial charge in [0.15, 0.2) is 0 Å². The van der Waals surface area contributed by atoms with Crippen molar-refractivity contribution in [1.82, 2.24) is 15.1 Å². The van der Waals surface area contributed by atoms with Crippen molar-refractivity contribution in [1.29, 1.82) is 0 Å². The van der Waals surface area contributed by atoms with Gasteiger partial charge in [0.25, 0.3) is 5.91 Å². The highest BCUT2D eigenvalue weighted by Crippen LogP contribution is 2.29. The lowest BCUT2D eigenvalue weighted by atomic mass is 10.0. The fraction of sp³-hybridized carbons (Fsp3) is 0.591. The molecule has 9 heteroatoms. The third-order valence-electron chi connectivity index (χ3n) is 5.89. The summed E-state index contributed by atoms with van der Waals surface area (Å²) < 4.78 is 38.1. The molecule has 6 nitrogen and oxygen atoms in total. The Kier molecular flexibility index (Phi) is 6.34. The van der Waals surface area contributed by atoms with E-state index in [1.54, 1.807) is 9.80 Å². The van der Waals surface area contributed by atoms with Gasteiger partial charge in [-0.3, -0.25) is 14.4 Å². The molecule has 1 aromatic rings. The van der Waals surface area contributed by atoms with Crippen molar-refractivity contribution >= 4 is 17.7 Å². The van der Waals surface area contributed by atoms with Crippen molar-refractivity contribution in [3.05, 3.63) is 35.4 Å². The largest absolute Gasteiger partial charge is 0.416 e. The van der Waals surface area contributed by atoms with Crippen molar-refractivity contribution in [2.24, 2.45) is 5.92 Å². The first kappa shape index (κ1) is 23.1. The summed E-state index contributed by atoms with van der Waals surface area (Å²) in [6.07, 6.45) is -3.12. The smallest absolute Gasteiger partial charge is 0.353 e. The van der Waals surface area contributed by atoms with Gasteiger partial charge in [-0.2, -0.15) is 13.2 Å². The molecule has 0 spiro atoms. The van der Waals surface area contributed by atoms with E-state index in [9.17, 15) is 27.6 Å². The van der Waals surface area contributed by atoms with Crippen molar-refractivity contribution < 1.29 is 27.6 Å². The van der Waals surface area contributed by atoms with Crippen LogP contribution in [0.4, 0.5) is 13.2 Å². The van der Waals surface area contributed by atoms with Crippen LogP contribution in [0.15, 0.2) is 24.3 Å². The fourth-order valence-corrected chi connectivity index (χ4v) is 4.06. The minimum Gasteiger partial charge on any atom is -0.353 e. The quantitative estimate of drug-likeness (QED) is 0.787. The van der Waals surface area contributed by atoms with E-state index in [0.717, 1.165) is 12.1 Å². The predicted molar refractivity (Wildman–Crippen MR) is 108 cm³/mol. The van der Waals surface area contributed by atoms with Crippen LogP contribution < -0.4 is 5.32 Å². The van der Waals surface area contributed by atoms with Crippen molar-refractivity contribution in [2.75, 3.05) is 19.6 Å². The molecule has 2 fully saturated rings. The number of carbonyl (C=O) groups excluding carboxylic acids is 3. The van der Waals surface area contributed by atoms with Gasteiger partial charge in [-0.05, 0) is 57.9 Å². The van der Waals surface area contributed by atoms with Gasteiger partial charge in [-0.15, -0.1) is 0 Å². The molecule has 0 aliphatic carbocycles. The van der Waals surface area contributed by atoms with Crippen LogP contribution in [-0.4, -0.2) is 58.7 Å². The molecule has 0 radical (unpaired) electrons. The highest BCUT2D eigenvalue weighted by atomic mass is 19.4. The van der Waals surface area contributed by atoms with E-state index < -0.39 is 11.7 Å². The number of carbonyl (C=O) groups is 3. The second-order valence-electron chi connectivity index (χ2n) is 9.23. The van der Waals surface area contributed by atoms with E-state index in [1.165, 1.54) is 12.1 Å². The average Bonchev–Trinajstić information content (AvgIpc) is 3.10. The third-order valence-corrected chi connectivity index (χ3v) is 5.89. The molecule has 3 rings (SSSR count). The number of halogens is 3. The number of rotatable bonds is 3. The number of likely N-dealkylation sites (tertiary alicyclic amines) is 2. The molecule has 2 saturated heterocycles. The summed E-state index contributed by atoms with van der Waals surface area (Å²) in [4.78, 5) is 40.7. The standard InChI is InChI=1S/C22H28F3N3O3/c1-21(2,3)28-13-15(12-18(28)29)19(30)26-17-8-10-27(11-9-17)20(31)14-4-6-16(7-5-14)22(23,24)25/h4-7,15,17H,8-13H2,1-3H3,(H,26,30). The van der Waals surface area contributed by atoms with Crippen LogP contribution in [0, 0.1) is 5.92 Å². The Bertz CT molecular complexity index is 838. The molecular weight excluding hydrogens is 411 g/mol. The van der Waals surface area contributed by atoms with Crippen molar-refractivity contribution in [3.63, 3.8) is 0 Å². The topological polar surface area (TPSA) is 69.7 Å². The van der Waals surface area contributed by atoms with Crippen LogP contribution in [-0.2, 0) is 15.8 Å². The lowest BCUT2D eigenvalue weighted by molar-refractivity contribution is -0.137. The molecule has 170 valence electrons. The zero-order valence-electron chi connectivity index (χ0n) is 18.0. The number of benzene rings is 1. The molecule has 31 heavy (non-hydrogen) atoms. The van der Waals surface area contributed by atoms with E-state index in [0.29, 0.717) is 32.5 Å². The average molecular weight is 439 g/mol. The van der Waals surface area contributed by atoms with E-state index in [4.69, 9.17) is 0 Å². The van der Waals surface area contributed by atoms with E-state index in [-0.39, 0.29) is 47.2 Å². The van der Waals surface area contributed by atoms with E-state index >= 15 is 0 Å². The summed E-state index contributed by atoms with van der Waals surface area (Å²) in [5.74, 6) is -0.864. The summed E-state index contributed by atoms with van der Waals surface area (Å²) in [6, 6.07) is 4.10. The van der Waals surface area contributed by atoms with Gasteiger partial charge in [-0.25, -0.2) is 0 Å². The molecular formula is C22H28F3N3O3. The number of amides is 3. The van der Waals surface area contributed by atoms with Gasteiger partial charge in [0, 0.05) is 43.2 Å². The lowest BCUT2D eigenvalue weighted by Crippen LogP contribution is -2.48. The first-order valence-electron chi connectivity index (χ1n) is 10.4. The molecule has 1 atom stereocenters. The first-order valence-corrected chi connectivity index (χ1v) is 10.4. The maximum absolute atomic E-state index is 12.7. The van der Waals surface area contributed by atoms with Crippen LogP contribution in [0.3, 0.4) is 0 Å². The lowest BCUT2D eigenvalue weighted by Gasteiger charge is -2.33. The molecule has 2 aliphatic heterocycles. The van der Waals surface area contributed by atoms with Gasteiger partial charge in [-0.1, -0.05) is 0 Å². The number of hydrogen-bond acceptors (Lipinski definition) is 3. The summed E-state index contributed by atoms with van der Waals surface area (Å²) >= 11 is 0. The monoisotopic (exact) mass is 439 g/mol. The zero-order chi connectivity index (χ0) is 23.0. The summed E-state index contributed by atoms with van der Waals surface area (Å²) in [6.45, 7) is 7.03.